The van der Waals surface area contributed by atoms with Crippen LogP contribution in [0.25, 0.3) is 10.8 Å². The van der Waals surface area contributed by atoms with Gasteiger partial charge in [0, 0.05) is 5.39 Å². The Morgan fingerprint density at radius 1 is 0.933 bits per heavy atom. The molecule has 2 aliphatic carbocycles. The highest BCUT2D eigenvalue weighted by Gasteiger charge is 2.31. The van der Waals surface area contributed by atoms with Crippen LogP contribution < -0.4 is 0 Å². The van der Waals surface area contributed by atoms with Crippen molar-refractivity contribution in [3.63, 3.8) is 0 Å². The van der Waals surface area contributed by atoms with E-state index in [2.05, 4.69) is 56.0 Å². The molecule has 1 heteroatoms. The molecule has 160 valence electrons. The van der Waals surface area contributed by atoms with E-state index in [9.17, 15) is 0 Å². The van der Waals surface area contributed by atoms with E-state index in [4.69, 9.17) is 0 Å². The lowest BCUT2D eigenvalue weighted by Gasteiger charge is -2.37. The summed E-state index contributed by atoms with van der Waals surface area (Å²) in [5, 5.41) is 1.84. The van der Waals surface area contributed by atoms with Crippen LogP contribution in [0, 0.1) is 23.6 Å². The molecule has 0 bridgehead atoms. The monoisotopic (exact) mass is 404 g/mol. The molecule has 2 fully saturated rings. The number of rotatable bonds is 6. The number of hydrogen-bond donors (Lipinski definition) is 0. The van der Waals surface area contributed by atoms with Gasteiger partial charge in [-0.05, 0) is 111 Å². The van der Waals surface area contributed by atoms with Gasteiger partial charge in [-0.15, -0.1) is 6.58 Å². The Kier molecular flexibility index (Phi) is 7.08. The first-order valence-electron chi connectivity index (χ1n) is 12.1. The predicted octanol–water partition coefficient (Wildman–Crippen LogP) is 8.75. The highest BCUT2D eigenvalue weighted by molar-refractivity contribution is 5.84. The highest BCUT2D eigenvalue weighted by Crippen LogP contribution is 2.45. The minimum Gasteiger partial charge on any atom is -0.206 e. The maximum atomic E-state index is 15.4. The van der Waals surface area contributed by atoms with E-state index in [1.165, 1.54) is 44.1 Å². The summed E-state index contributed by atoms with van der Waals surface area (Å²) in [5.41, 5.74) is 2.25. The van der Waals surface area contributed by atoms with Crippen molar-refractivity contribution in [1.29, 1.82) is 0 Å². The number of fused-ring (bicyclic) bond motifs is 1. The van der Waals surface area contributed by atoms with Crippen LogP contribution in [-0.2, 0) is 6.42 Å². The molecule has 2 aromatic rings. The largest absolute Gasteiger partial charge is 0.206 e. The smallest absolute Gasteiger partial charge is 0.134 e. The average molecular weight is 405 g/mol. The third-order valence-electron chi connectivity index (χ3n) is 7.91. The fourth-order valence-corrected chi connectivity index (χ4v) is 6.00. The molecule has 30 heavy (non-hydrogen) atoms. The van der Waals surface area contributed by atoms with Gasteiger partial charge in [0.2, 0.25) is 0 Å². The van der Waals surface area contributed by atoms with Gasteiger partial charge in [-0.1, -0.05) is 48.6 Å². The molecule has 0 heterocycles. The predicted molar refractivity (Wildman–Crippen MR) is 127 cm³/mol. The molecule has 0 radical (unpaired) electrons. The molecule has 0 atom stereocenters. The van der Waals surface area contributed by atoms with Gasteiger partial charge in [-0.2, -0.15) is 0 Å². The van der Waals surface area contributed by atoms with E-state index in [1.54, 1.807) is 0 Å². The minimum absolute atomic E-state index is 0.0300. The zero-order valence-corrected chi connectivity index (χ0v) is 18.6. The van der Waals surface area contributed by atoms with Crippen molar-refractivity contribution >= 4 is 10.8 Å². The molecule has 0 N–H and O–H groups in total. The molecule has 2 aromatic carbocycles. The summed E-state index contributed by atoms with van der Waals surface area (Å²) in [6.07, 6.45) is 18.7. The molecule has 4 rings (SSSR count). The van der Waals surface area contributed by atoms with Gasteiger partial charge >= 0.3 is 0 Å². The Labute approximate surface area is 182 Å². The second-order valence-corrected chi connectivity index (χ2v) is 9.65. The van der Waals surface area contributed by atoms with Crippen LogP contribution in [0.15, 0.2) is 55.1 Å². The number of aryl methyl sites for hydroxylation is 1. The zero-order valence-electron chi connectivity index (χ0n) is 18.6. The van der Waals surface area contributed by atoms with Crippen molar-refractivity contribution in [2.45, 2.75) is 77.0 Å². The van der Waals surface area contributed by atoms with Crippen LogP contribution in [0.2, 0.25) is 0 Å². The van der Waals surface area contributed by atoms with Gasteiger partial charge in [0.15, 0.2) is 0 Å². The van der Waals surface area contributed by atoms with E-state index >= 15 is 4.39 Å². The van der Waals surface area contributed by atoms with Crippen LogP contribution in [0.1, 0.15) is 81.8 Å². The van der Waals surface area contributed by atoms with Gasteiger partial charge in [-0.25, -0.2) is 4.39 Å². The van der Waals surface area contributed by atoms with Crippen molar-refractivity contribution in [3.05, 3.63) is 72.1 Å². The van der Waals surface area contributed by atoms with E-state index in [1.807, 2.05) is 6.07 Å². The van der Waals surface area contributed by atoms with Crippen molar-refractivity contribution in [3.8, 4) is 0 Å². The van der Waals surface area contributed by atoms with E-state index < -0.39 is 0 Å². The molecular weight excluding hydrogens is 367 g/mol. The fraction of sp³-hybridized carbons (Fsp3) is 0.517. The fourth-order valence-electron chi connectivity index (χ4n) is 6.00. The minimum atomic E-state index is 0.0300. The zero-order chi connectivity index (χ0) is 20.9. The lowest BCUT2D eigenvalue weighted by Crippen LogP contribution is -2.25. The summed E-state index contributed by atoms with van der Waals surface area (Å²) in [7, 11) is 0. The van der Waals surface area contributed by atoms with Gasteiger partial charge in [0.05, 0.1) is 0 Å². The Morgan fingerprint density at radius 2 is 1.63 bits per heavy atom. The maximum Gasteiger partial charge on any atom is 0.134 e. The quantitative estimate of drug-likeness (QED) is 0.422. The molecular formula is C29H37F. The Morgan fingerprint density at radius 3 is 2.30 bits per heavy atom. The standard InChI is InChI=1S/C29H37F/c1-3-5-6-7-22-10-18-28-26(20-22)17-19-27(29(28)30)25-15-13-24(14-16-25)23-11-8-21(4-2)9-12-23/h3-5,10,17-21,23-25H,2,6-9,11-16H2,1H3/b5-3+. The lowest BCUT2D eigenvalue weighted by atomic mass is 9.68. The molecule has 0 nitrogen and oxygen atoms in total. The van der Waals surface area contributed by atoms with Gasteiger partial charge in [0.25, 0.3) is 0 Å². The first kappa shape index (κ1) is 21.3. The van der Waals surface area contributed by atoms with Crippen LogP contribution in [-0.4, -0.2) is 0 Å². The topological polar surface area (TPSA) is 0 Å². The molecule has 0 spiro atoms. The molecule has 0 amide bonds. The number of hydrogen-bond acceptors (Lipinski definition) is 0. The number of benzene rings is 2. The third-order valence-corrected chi connectivity index (χ3v) is 7.91. The molecule has 0 aromatic heterocycles. The second-order valence-electron chi connectivity index (χ2n) is 9.65. The van der Waals surface area contributed by atoms with E-state index in [0.717, 1.165) is 59.8 Å². The Balaban J connectivity index is 1.41. The second kappa shape index (κ2) is 9.94. The van der Waals surface area contributed by atoms with Crippen LogP contribution >= 0.6 is 0 Å². The third kappa shape index (κ3) is 4.71. The van der Waals surface area contributed by atoms with Crippen molar-refractivity contribution in [2.24, 2.45) is 17.8 Å². The van der Waals surface area contributed by atoms with Crippen molar-refractivity contribution in [2.75, 3.05) is 0 Å². The van der Waals surface area contributed by atoms with Gasteiger partial charge in [-0.3, -0.25) is 0 Å². The maximum absolute atomic E-state index is 15.4. The summed E-state index contributed by atoms with van der Waals surface area (Å²) in [4.78, 5) is 0. The normalized spacial score (nSPS) is 27.5. The van der Waals surface area contributed by atoms with E-state index in [0.29, 0.717) is 5.92 Å². The molecule has 2 saturated carbocycles. The molecule has 0 aliphatic heterocycles. The summed E-state index contributed by atoms with van der Waals surface area (Å²) in [6, 6.07) is 10.5. The summed E-state index contributed by atoms with van der Waals surface area (Å²) in [6.45, 7) is 6.03. The lowest BCUT2D eigenvalue weighted by molar-refractivity contribution is 0.171. The van der Waals surface area contributed by atoms with Crippen molar-refractivity contribution in [1.82, 2.24) is 0 Å². The molecule has 0 saturated heterocycles. The number of allylic oxidation sites excluding steroid dienone is 3. The van der Waals surface area contributed by atoms with Crippen LogP contribution in [0.5, 0.6) is 0 Å². The molecule has 0 unspecified atom stereocenters. The van der Waals surface area contributed by atoms with Gasteiger partial charge in [0.1, 0.15) is 5.82 Å². The summed E-state index contributed by atoms with van der Waals surface area (Å²) >= 11 is 0. The first-order chi connectivity index (χ1) is 14.7. The highest BCUT2D eigenvalue weighted by atomic mass is 19.1. The van der Waals surface area contributed by atoms with Crippen LogP contribution in [0.4, 0.5) is 4.39 Å². The summed E-state index contributed by atoms with van der Waals surface area (Å²) in [5.74, 6) is 2.92. The average Bonchev–Trinajstić information content (AvgIpc) is 2.80. The first-order valence-corrected chi connectivity index (χ1v) is 12.1. The number of halogens is 1. The summed E-state index contributed by atoms with van der Waals surface area (Å²) < 4.78 is 15.4. The molecule has 2 aliphatic rings. The van der Waals surface area contributed by atoms with Crippen molar-refractivity contribution < 1.29 is 4.39 Å². The SMILES string of the molecule is C=CC1CCC(C2CCC(c3ccc4cc(CC/C=C/C)ccc4c3F)CC2)CC1. The van der Waals surface area contributed by atoms with Gasteiger partial charge < -0.3 is 0 Å². The van der Waals surface area contributed by atoms with Crippen LogP contribution in [0.3, 0.4) is 0 Å². The Bertz CT molecular complexity index is 877. The van der Waals surface area contributed by atoms with E-state index in [-0.39, 0.29) is 5.82 Å². The Hall–Kier alpha value is -1.89.